The zero-order valence-corrected chi connectivity index (χ0v) is 12.4. The van der Waals surface area contributed by atoms with Crippen molar-refractivity contribution >= 4 is 21.4 Å². The van der Waals surface area contributed by atoms with Gasteiger partial charge in [-0.05, 0) is 36.8 Å². The van der Waals surface area contributed by atoms with Crippen molar-refractivity contribution in [2.24, 2.45) is 0 Å². The maximum Gasteiger partial charge on any atom is 0.250 e. The molecule has 1 N–H and O–H groups in total. The molecule has 0 spiro atoms. The molecule has 1 aromatic carbocycles. The highest BCUT2D eigenvalue weighted by Crippen LogP contribution is 2.16. The molecule has 1 heterocycles. The van der Waals surface area contributed by atoms with Crippen LogP contribution in [-0.2, 0) is 16.4 Å². The summed E-state index contributed by atoms with van der Waals surface area (Å²) in [5, 5.41) is 1.77. The Labute approximate surface area is 118 Å². The highest BCUT2D eigenvalue weighted by atomic mass is 32.2. The summed E-state index contributed by atoms with van der Waals surface area (Å²) < 4.78 is 27.1. The van der Waals surface area contributed by atoms with Gasteiger partial charge in [0.05, 0.1) is 0 Å². The smallest absolute Gasteiger partial charge is 0.208 e. The minimum absolute atomic E-state index is 0.0766. The lowest BCUT2D eigenvalue weighted by Crippen LogP contribution is -2.32. The van der Waals surface area contributed by atoms with Crippen LogP contribution in [-0.4, -0.2) is 14.5 Å². The zero-order valence-electron chi connectivity index (χ0n) is 10.7. The van der Waals surface area contributed by atoms with Crippen molar-refractivity contribution in [3.8, 4) is 0 Å². The second kappa shape index (κ2) is 6.32. The minimum atomic E-state index is -3.35. The van der Waals surface area contributed by atoms with Gasteiger partial charge in [0.15, 0.2) is 0 Å². The van der Waals surface area contributed by atoms with Gasteiger partial charge in [-0.1, -0.05) is 36.4 Å². The van der Waals surface area contributed by atoms with E-state index in [-0.39, 0.29) is 6.04 Å². The van der Waals surface area contributed by atoms with Gasteiger partial charge >= 0.3 is 0 Å². The number of thiophene rings is 1. The molecule has 102 valence electrons. The van der Waals surface area contributed by atoms with E-state index in [9.17, 15) is 8.42 Å². The van der Waals surface area contributed by atoms with E-state index >= 15 is 0 Å². The van der Waals surface area contributed by atoms with Crippen molar-refractivity contribution in [1.29, 1.82) is 0 Å². The zero-order chi connectivity index (χ0) is 13.7. The summed E-state index contributed by atoms with van der Waals surface area (Å²) in [6.45, 7) is 1.90. The van der Waals surface area contributed by atoms with Gasteiger partial charge < -0.3 is 0 Å². The average Bonchev–Trinajstić information content (AvgIpc) is 2.92. The molecule has 2 rings (SSSR count). The van der Waals surface area contributed by atoms with Gasteiger partial charge in [0.25, 0.3) is 0 Å². The molecular weight excluding hydrogens is 278 g/mol. The molecule has 0 amide bonds. The summed E-state index contributed by atoms with van der Waals surface area (Å²) >= 11 is 1.24. The van der Waals surface area contributed by atoms with Gasteiger partial charge in [0, 0.05) is 6.04 Å². The molecule has 3 nitrogen and oxygen atoms in total. The predicted molar refractivity (Wildman–Crippen MR) is 78.9 cm³/mol. The quantitative estimate of drug-likeness (QED) is 0.890. The van der Waals surface area contributed by atoms with Crippen LogP contribution in [0.3, 0.4) is 0 Å². The highest BCUT2D eigenvalue weighted by molar-refractivity contribution is 7.91. The van der Waals surface area contributed by atoms with Crippen LogP contribution in [0.15, 0.2) is 52.1 Å². The molecule has 0 bridgehead atoms. The number of nitrogens with one attached hydrogen (secondary N) is 1. The van der Waals surface area contributed by atoms with Crippen molar-refractivity contribution in [3.05, 3.63) is 53.4 Å². The summed E-state index contributed by atoms with van der Waals surface area (Å²) in [6.07, 6.45) is 1.66. The summed E-state index contributed by atoms with van der Waals surface area (Å²) in [5.74, 6) is 0. The topological polar surface area (TPSA) is 46.2 Å². The molecule has 0 aliphatic carbocycles. The Hall–Kier alpha value is -1.17. The molecule has 0 unspecified atom stereocenters. The van der Waals surface area contributed by atoms with Crippen LogP contribution in [0, 0.1) is 0 Å². The Morgan fingerprint density at radius 1 is 1.16 bits per heavy atom. The molecule has 0 fully saturated rings. The standard InChI is InChI=1S/C14H17NO2S2/c1-12(9-10-13-6-3-2-4-7-13)15-19(16,17)14-8-5-11-18-14/h2-8,11-12,15H,9-10H2,1H3/t12-/m0/s1. The number of aryl methyl sites for hydroxylation is 1. The minimum Gasteiger partial charge on any atom is -0.208 e. The van der Waals surface area contributed by atoms with Crippen LogP contribution in [0.4, 0.5) is 0 Å². The lowest BCUT2D eigenvalue weighted by atomic mass is 10.1. The number of hydrogen-bond acceptors (Lipinski definition) is 3. The second-order valence-corrected chi connectivity index (χ2v) is 7.37. The number of hydrogen-bond donors (Lipinski definition) is 1. The van der Waals surface area contributed by atoms with Crippen LogP contribution in [0.2, 0.25) is 0 Å². The number of rotatable bonds is 6. The average molecular weight is 295 g/mol. The highest BCUT2D eigenvalue weighted by Gasteiger charge is 2.17. The number of benzene rings is 1. The number of sulfonamides is 1. The van der Waals surface area contributed by atoms with Crippen LogP contribution < -0.4 is 4.72 Å². The third kappa shape index (κ3) is 4.16. The van der Waals surface area contributed by atoms with Crippen molar-refractivity contribution in [2.75, 3.05) is 0 Å². The van der Waals surface area contributed by atoms with Crippen molar-refractivity contribution in [2.45, 2.75) is 30.0 Å². The van der Waals surface area contributed by atoms with E-state index in [4.69, 9.17) is 0 Å². The van der Waals surface area contributed by atoms with Gasteiger partial charge in [-0.2, -0.15) is 0 Å². The van der Waals surface area contributed by atoms with E-state index < -0.39 is 10.0 Å². The third-order valence-electron chi connectivity index (χ3n) is 2.83. The maximum absolute atomic E-state index is 12.0. The molecule has 2 aromatic rings. The fourth-order valence-electron chi connectivity index (χ4n) is 1.83. The lowest BCUT2D eigenvalue weighted by molar-refractivity contribution is 0.548. The third-order valence-corrected chi connectivity index (χ3v) is 5.81. The second-order valence-electron chi connectivity index (χ2n) is 4.48. The Bertz CT molecular complexity index is 592. The SMILES string of the molecule is C[C@@H](CCc1ccccc1)NS(=O)(=O)c1cccs1. The van der Waals surface area contributed by atoms with Crippen LogP contribution in [0.1, 0.15) is 18.9 Å². The molecule has 19 heavy (non-hydrogen) atoms. The molecule has 0 aliphatic heterocycles. The molecule has 0 radical (unpaired) electrons. The molecular formula is C14H17NO2S2. The van der Waals surface area contributed by atoms with Gasteiger partial charge in [0.2, 0.25) is 10.0 Å². The molecule has 0 aliphatic rings. The van der Waals surface area contributed by atoms with Crippen molar-refractivity contribution < 1.29 is 8.42 Å². The molecule has 1 aromatic heterocycles. The van der Waals surface area contributed by atoms with E-state index in [0.29, 0.717) is 4.21 Å². The van der Waals surface area contributed by atoms with Crippen LogP contribution in [0.25, 0.3) is 0 Å². The van der Waals surface area contributed by atoms with Gasteiger partial charge in [0.1, 0.15) is 4.21 Å². The van der Waals surface area contributed by atoms with Gasteiger partial charge in [-0.25, -0.2) is 13.1 Å². The Morgan fingerprint density at radius 3 is 2.53 bits per heavy atom. The van der Waals surface area contributed by atoms with Gasteiger partial charge in [-0.15, -0.1) is 11.3 Å². The fraction of sp³-hybridized carbons (Fsp3) is 0.286. The van der Waals surface area contributed by atoms with Crippen LogP contribution >= 0.6 is 11.3 Å². The normalized spacial score (nSPS) is 13.3. The fourth-order valence-corrected chi connectivity index (χ4v) is 4.11. The lowest BCUT2D eigenvalue weighted by Gasteiger charge is -2.13. The maximum atomic E-state index is 12.0. The van der Waals surface area contributed by atoms with Crippen molar-refractivity contribution in [3.63, 3.8) is 0 Å². The van der Waals surface area contributed by atoms with Gasteiger partial charge in [-0.3, -0.25) is 0 Å². The predicted octanol–water partition coefficient (Wildman–Crippen LogP) is 3.05. The van der Waals surface area contributed by atoms with E-state index in [1.165, 1.54) is 16.9 Å². The first-order valence-electron chi connectivity index (χ1n) is 6.18. The summed E-state index contributed by atoms with van der Waals surface area (Å²) in [6, 6.07) is 13.4. The molecule has 1 atom stereocenters. The Kier molecular flexibility index (Phi) is 4.74. The summed E-state index contributed by atoms with van der Waals surface area (Å²) in [5.41, 5.74) is 1.23. The molecule has 0 saturated heterocycles. The van der Waals surface area contributed by atoms with Crippen molar-refractivity contribution in [1.82, 2.24) is 4.72 Å². The first-order valence-corrected chi connectivity index (χ1v) is 8.54. The Morgan fingerprint density at radius 2 is 1.89 bits per heavy atom. The first-order chi connectivity index (χ1) is 9.08. The first kappa shape index (κ1) is 14.2. The monoisotopic (exact) mass is 295 g/mol. The summed E-state index contributed by atoms with van der Waals surface area (Å²) in [4.78, 5) is 0. The van der Waals surface area contributed by atoms with E-state index in [1.807, 2.05) is 25.1 Å². The molecule has 0 saturated carbocycles. The largest absolute Gasteiger partial charge is 0.250 e. The molecule has 5 heteroatoms. The Balaban J connectivity index is 1.90. The van der Waals surface area contributed by atoms with E-state index in [0.717, 1.165) is 12.8 Å². The van der Waals surface area contributed by atoms with E-state index in [1.54, 1.807) is 17.5 Å². The van der Waals surface area contributed by atoms with E-state index in [2.05, 4.69) is 16.9 Å². The van der Waals surface area contributed by atoms with Crippen LogP contribution in [0.5, 0.6) is 0 Å². The summed E-state index contributed by atoms with van der Waals surface area (Å²) in [7, 11) is -3.35.